The molecule has 7 heteroatoms. The van der Waals surface area contributed by atoms with E-state index in [0.29, 0.717) is 12.5 Å². The van der Waals surface area contributed by atoms with Crippen molar-refractivity contribution >= 4 is 16.0 Å². The number of hydrogen-bond donors (Lipinski definition) is 1. The van der Waals surface area contributed by atoms with Gasteiger partial charge in [0, 0.05) is 19.7 Å². The van der Waals surface area contributed by atoms with Crippen molar-refractivity contribution in [2.45, 2.75) is 32.1 Å². The van der Waals surface area contributed by atoms with E-state index in [9.17, 15) is 13.2 Å². The van der Waals surface area contributed by atoms with Gasteiger partial charge in [0.15, 0.2) is 0 Å². The molecule has 0 unspecified atom stereocenters. The van der Waals surface area contributed by atoms with Crippen LogP contribution in [0.4, 0.5) is 0 Å². The third-order valence-corrected chi connectivity index (χ3v) is 4.76. The number of rotatable bonds is 6. The Bertz CT molecular complexity index is 559. The summed E-state index contributed by atoms with van der Waals surface area (Å²) in [4.78, 5) is 10.7. The van der Waals surface area contributed by atoms with Crippen molar-refractivity contribution in [3.63, 3.8) is 0 Å². The highest BCUT2D eigenvalue weighted by Gasteiger charge is 2.27. The average Bonchev–Trinajstić information content (AvgIpc) is 2.68. The number of nitrogens with zero attached hydrogens (tertiary/aromatic N) is 1. The molecule has 0 radical (unpaired) electrons. The minimum absolute atomic E-state index is 0.0869. The normalized spacial score (nSPS) is 12.3. The van der Waals surface area contributed by atoms with Crippen LogP contribution in [0, 0.1) is 12.8 Å². The van der Waals surface area contributed by atoms with Crippen LogP contribution in [-0.2, 0) is 10.0 Å². The van der Waals surface area contributed by atoms with E-state index in [-0.39, 0.29) is 16.4 Å². The molecule has 1 rings (SSSR count). The van der Waals surface area contributed by atoms with E-state index < -0.39 is 16.0 Å². The molecule has 6 nitrogen and oxygen atoms in total. The van der Waals surface area contributed by atoms with E-state index in [1.807, 2.05) is 13.8 Å². The zero-order chi connectivity index (χ0) is 14.8. The van der Waals surface area contributed by atoms with Crippen molar-refractivity contribution in [3.05, 3.63) is 17.6 Å². The highest BCUT2D eigenvalue weighted by molar-refractivity contribution is 7.89. The largest absolute Gasteiger partial charge is 0.475 e. The zero-order valence-electron chi connectivity index (χ0n) is 11.5. The van der Waals surface area contributed by atoms with Gasteiger partial charge in [0.25, 0.3) is 0 Å². The molecular formula is C12H19NO5S. The average molecular weight is 289 g/mol. The maximum absolute atomic E-state index is 12.3. The number of carboxylic acids is 1. The summed E-state index contributed by atoms with van der Waals surface area (Å²) in [5.74, 6) is -1.17. The molecule has 0 saturated heterocycles. The summed E-state index contributed by atoms with van der Waals surface area (Å²) in [6.07, 6.45) is 0.735. The molecule has 0 bridgehead atoms. The number of aromatic carboxylic acids is 1. The maximum Gasteiger partial charge on any atom is 0.371 e. The molecule has 0 aliphatic rings. The zero-order valence-corrected chi connectivity index (χ0v) is 12.3. The third-order valence-electron chi connectivity index (χ3n) is 2.79. The van der Waals surface area contributed by atoms with Crippen LogP contribution in [0.5, 0.6) is 0 Å². The molecule has 1 aromatic heterocycles. The molecule has 1 aromatic rings. The number of carboxylic acid groups (broad SMARTS) is 1. The highest BCUT2D eigenvalue weighted by atomic mass is 32.2. The first-order valence-electron chi connectivity index (χ1n) is 5.96. The predicted molar refractivity (Wildman–Crippen MR) is 69.7 cm³/mol. The van der Waals surface area contributed by atoms with Gasteiger partial charge in [-0.05, 0) is 19.3 Å². The van der Waals surface area contributed by atoms with Crippen molar-refractivity contribution in [1.82, 2.24) is 4.31 Å². The van der Waals surface area contributed by atoms with Crippen LogP contribution in [0.1, 0.15) is 36.6 Å². The number of aryl methyl sites for hydroxylation is 1. The van der Waals surface area contributed by atoms with Gasteiger partial charge < -0.3 is 9.52 Å². The molecule has 0 aliphatic carbocycles. The summed E-state index contributed by atoms with van der Waals surface area (Å²) >= 11 is 0. The lowest BCUT2D eigenvalue weighted by molar-refractivity contribution is 0.0661. The standard InChI is InChI=1S/C12H19NO5S/c1-8(2)5-6-13(4)19(16,17)11-7-10(12(14)15)18-9(11)3/h7-8H,5-6H2,1-4H3,(H,14,15). The SMILES string of the molecule is Cc1oc(C(=O)O)cc1S(=O)(=O)N(C)CCC(C)C. The van der Waals surface area contributed by atoms with Crippen molar-refractivity contribution in [1.29, 1.82) is 0 Å². The molecule has 19 heavy (non-hydrogen) atoms. The predicted octanol–water partition coefficient (Wildman–Crippen LogP) is 1.95. The quantitative estimate of drug-likeness (QED) is 0.864. The fraction of sp³-hybridized carbons (Fsp3) is 0.583. The lowest BCUT2D eigenvalue weighted by Crippen LogP contribution is -2.28. The Morgan fingerprint density at radius 2 is 2.05 bits per heavy atom. The van der Waals surface area contributed by atoms with Gasteiger partial charge in [-0.1, -0.05) is 13.8 Å². The lowest BCUT2D eigenvalue weighted by Gasteiger charge is -2.17. The second kappa shape index (κ2) is 5.75. The molecule has 1 heterocycles. The Morgan fingerprint density at radius 3 is 2.47 bits per heavy atom. The molecular weight excluding hydrogens is 270 g/mol. The van der Waals surface area contributed by atoms with Crippen LogP contribution in [0.25, 0.3) is 0 Å². The summed E-state index contributed by atoms with van der Waals surface area (Å²) in [6.45, 7) is 5.83. The van der Waals surface area contributed by atoms with Crippen LogP contribution < -0.4 is 0 Å². The van der Waals surface area contributed by atoms with Crippen molar-refractivity contribution < 1.29 is 22.7 Å². The Morgan fingerprint density at radius 1 is 1.47 bits per heavy atom. The Kier molecular flexibility index (Phi) is 4.75. The monoisotopic (exact) mass is 289 g/mol. The molecule has 0 aromatic carbocycles. The molecule has 108 valence electrons. The van der Waals surface area contributed by atoms with Gasteiger partial charge in [0.1, 0.15) is 10.7 Å². The van der Waals surface area contributed by atoms with Gasteiger partial charge >= 0.3 is 5.97 Å². The Balaban J connectivity index is 3.03. The van der Waals surface area contributed by atoms with Crippen LogP contribution in [-0.4, -0.2) is 37.4 Å². The fourth-order valence-corrected chi connectivity index (χ4v) is 2.90. The summed E-state index contributed by atoms with van der Waals surface area (Å²) in [5, 5.41) is 8.80. The Hall–Kier alpha value is -1.34. The van der Waals surface area contributed by atoms with Crippen LogP contribution in [0.15, 0.2) is 15.4 Å². The van der Waals surface area contributed by atoms with Crippen molar-refractivity contribution in [2.24, 2.45) is 5.92 Å². The minimum Gasteiger partial charge on any atom is -0.475 e. The smallest absolute Gasteiger partial charge is 0.371 e. The molecule has 0 fully saturated rings. The molecule has 0 atom stereocenters. The van der Waals surface area contributed by atoms with E-state index in [0.717, 1.165) is 12.5 Å². The minimum atomic E-state index is -3.70. The molecule has 0 amide bonds. The van der Waals surface area contributed by atoms with Crippen LogP contribution >= 0.6 is 0 Å². The first-order valence-corrected chi connectivity index (χ1v) is 7.40. The van der Waals surface area contributed by atoms with E-state index >= 15 is 0 Å². The summed E-state index contributed by atoms with van der Waals surface area (Å²) < 4.78 is 30.7. The number of hydrogen-bond acceptors (Lipinski definition) is 4. The topological polar surface area (TPSA) is 87.8 Å². The van der Waals surface area contributed by atoms with Crippen molar-refractivity contribution in [3.8, 4) is 0 Å². The summed E-state index contributed by atoms with van der Waals surface area (Å²) in [5.41, 5.74) is 0. The molecule has 0 saturated carbocycles. The molecule has 1 N–H and O–H groups in total. The second-order valence-electron chi connectivity index (χ2n) is 4.85. The van der Waals surface area contributed by atoms with E-state index in [1.165, 1.54) is 18.3 Å². The molecule has 0 spiro atoms. The molecule has 0 aliphatic heterocycles. The number of furan rings is 1. The van der Waals surface area contributed by atoms with Gasteiger partial charge in [0.05, 0.1) is 0 Å². The summed E-state index contributed by atoms with van der Waals surface area (Å²) in [6, 6.07) is 1.05. The highest BCUT2D eigenvalue weighted by Crippen LogP contribution is 2.23. The fourth-order valence-electron chi connectivity index (χ4n) is 1.55. The first kappa shape index (κ1) is 15.7. The second-order valence-corrected chi connectivity index (χ2v) is 6.86. The van der Waals surface area contributed by atoms with Gasteiger partial charge in [-0.2, -0.15) is 0 Å². The summed E-state index contributed by atoms with van der Waals surface area (Å²) in [7, 11) is -2.22. The van der Waals surface area contributed by atoms with Crippen LogP contribution in [0.3, 0.4) is 0 Å². The Labute approximate surface area is 113 Å². The van der Waals surface area contributed by atoms with Gasteiger partial charge in [-0.15, -0.1) is 0 Å². The lowest BCUT2D eigenvalue weighted by atomic mass is 10.1. The maximum atomic E-state index is 12.3. The van der Waals surface area contributed by atoms with Crippen molar-refractivity contribution in [2.75, 3.05) is 13.6 Å². The number of carbonyl (C=O) groups is 1. The van der Waals surface area contributed by atoms with E-state index in [1.54, 1.807) is 0 Å². The van der Waals surface area contributed by atoms with Gasteiger partial charge in [-0.3, -0.25) is 0 Å². The van der Waals surface area contributed by atoms with Gasteiger partial charge in [0.2, 0.25) is 15.8 Å². The van der Waals surface area contributed by atoms with E-state index in [4.69, 9.17) is 9.52 Å². The van der Waals surface area contributed by atoms with E-state index in [2.05, 4.69) is 0 Å². The third kappa shape index (κ3) is 3.57. The number of sulfonamides is 1. The van der Waals surface area contributed by atoms with Gasteiger partial charge in [-0.25, -0.2) is 17.5 Å². The van der Waals surface area contributed by atoms with Crippen LogP contribution in [0.2, 0.25) is 0 Å². The first-order chi connectivity index (χ1) is 8.66.